The molecule has 0 bridgehead atoms. The number of rotatable bonds is 10. The number of hydrogen-bond acceptors (Lipinski definition) is 6. The monoisotopic (exact) mass is 594 g/mol. The number of amides is 3. The number of imidazole rings is 1. The number of nitriles is 1. The third-order valence-corrected chi connectivity index (χ3v) is 6.99. The van der Waals surface area contributed by atoms with Gasteiger partial charge in [-0.1, -0.05) is 0 Å². The van der Waals surface area contributed by atoms with Gasteiger partial charge in [0.05, 0.1) is 33.0 Å². The van der Waals surface area contributed by atoms with Gasteiger partial charge in [0.25, 0.3) is 17.7 Å². The van der Waals surface area contributed by atoms with Crippen LogP contribution in [-0.2, 0) is 11.8 Å². The van der Waals surface area contributed by atoms with Gasteiger partial charge >= 0.3 is 0 Å². The van der Waals surface area contributed by atoms with Crippen LogP contribution in [-0.4, -0.2) is 78.1 Å². The van der Waals surface area contributed by atoms with E-state index in [-0.39, 0.29) is 41.0 Å². The largest absolute Gasteiger partial charge is 0.476 e. The second-order valence-corrected chi connectivity index (χ2v) is 11.6. The van der Waals surface area contributed by atoms with Crippen LogP contribution < -0.4 is 20.7 Å². The molecule has 1 fully saturated rings. The first-order chi connectivity index (χ1) is 20.3. The number of carbonyl (C=O) groups is 3. The Balaban J connectivity index is 1.36. The molecule has 11 nitrogen and oxygen atoms in total. The maximum atomic E-state index is 14.8. The molecule has 4 rings (SSSR count). The third kappa shape index (κ3) is 7.34. The van der Waals surface area contributed by atoms with Gasteiger partial charge in [0, 0.05) is 35.9 Å². The van der Waals surface area contributed by atoms with Gasteiger partial charge in [-0.3, -0.25) is 14.4 Å². The van der Waals surface area contributed by atoms with Crippen LogP contribution in [0.15, 0.2) is 36.5 Å². The highest BCUT2D eigenvalue weighted by Gasteiger charge is 2.32. The average Bonchev–Trinajstić information content (AvgIpc) is 3.28. The van der Waals surface area contributed by atoms with E-state index in [0.717, 1.165) is 0 Å². The van der Waals surface area contributed by atoms with Crippen LogP contribution in [0.1, 0.15) is 39.4 Å². The summed E-state index contributed by atoms with van der Waals surface area (Å²) in [4.78, 5) is 42.1. The maximum absolute atomic E-state index is 14.8. The summed E-state index contributed by atoms with van der Waals surface area (Å²) in [6.45, 7) is 1.69. The van der Waals surface area contributed by atoms with E-state index < -0.39 is 29.9 Å². The number of likely N-dealkylation sites (N-methyl/N-ethyl adjacent to an activating group) is 1. The Morgan fingerprint density at radius 1 is 1.07 bits per heavy atom. The van der Waals surface area contributed by atoms with Gasteiger partial charge in [-0.15, -0.1) is 0 Å². The van der Waals surface area contributed by atoms with Gasteiger partial charge in [-0.05, 0) is 55.7 Å². The molecule has 3 aromatic rings. The fourth-order valence-corrected chi connectivity index (χ4v) is 4.83. The number of quaternary nitrogens is 1. The number of halogens is 2. The van der Waals surface area contributed by atoms with E-state index in [1.54, 1.807) is 31.2 Å². The van der Waals surface area contributed by atoms with Crippen molar-refractivity contribution in [3.8, 4) is 23.1 Å². The summed E-state index contributed by atoms with van der Waals surface area (Å²) >= 11 is 0. The molecule has 0 aliphatic heterocycles. The van der Waals surface area contributed by atoms with Gasteiger partial charge < -0.3 is 29.7 Å². The smallest absolute Gasteiger partial charge is 0.291 e. The Morgan fingerprint density at radius 3 is 2.42 bits per heavy atom. The molecule has 3 amide bonds. The Labute approximate surface area is 248 Å². The molecule has 226 valence electrons. The van der Waals surface area contributed by atoms with Crippen molar-refractivity contribution in [1.29, 1.82) is 5.26 Å². The normalized spacial score (nSPS) is 16.0. The van der Waals surface area contributed by atoms with E-state index in [0.29, 0.717) is 40.7 Å². The van der Waals surface area contributed by atoms with Crippen molar-refractivity contribution in [1.82, 2.24) is 20.2 Å². The summed E-state index contributed by atoms with van der Waals surface area (Å²) < 4.78 is 35.9. The first-order valence-electron chi connectivity index (χ1n) is 13.6. The van der Waals surface area contributed by atoms with Crippen LogP contribution >= 0.6 is 0 Å². The molecule has 0 atom stereocenters. The lowest BCUT2D eigenvalue weighted by Crippen LogP contribution is -2.56. The first kappa shape index (κ1) is 31.1. The lowest BCUT2D eigenvalue weighted by atomic mass is 9.86. The van der Waals surface area contributed by atoms with Gasteiger partial charge in [-0.25, -0.2) is 9.37 Å². The minimum Gasteiger partial charge on any atom is -0.476 e. The fourth-order valence-electron chi connectivity index (χ4n) is 4.83. The van der Waals surface area contributed by atoms with Crippen molar-refractivity contribution in [3.63, 3.8) is 0 Å². The fraction of sp³-hybridized carbons (Fsp3) is 0.367. The zero-order chi connectivity index (χ0) is 31.5. The second-order valence-electron chi connectivity index (χ2n) is 11.6. The second kappa shape index (κ2) is 12.6. The van der Waals surface area contributed by atoms with Gasteiger partial charge in [0.15, 0.2) is 30.5 Å². The number of nitrogens with zero attached hydrogens (tertiary/aromatic N) is 4. The van der Waals surface area contributed by atoms with Crippen molar-refractivity contribution in [3.05, 3.63) is 65.1 Å². The lowest BCUT2D eigenvalue weighted by molar-refractivity contribution is -0.862. The highest BCUT2D eigenvalue weighted by molar-refractivity contribution is 6.03. The highest BCUT2D eigenvalue weighted by atomic mass is 19.2. The van der Waals surface area contributed by atoms with Crippen LogP contribution in [0.2, 0.25) is 0 Å². The van der Waals surface area contributed by atoms with Crippen molar-refractivity contribution in [2.24, 2.45) is 7.05 Å². The van der Waals surface area contributed by atoms with Crippen molar-refractivity contribution in [2.45, 2.75) is 31.8 Å². The summed E-state index contributed by atoms with van der Waals surface area (Å²) in [6, 6.07) is 9.01. The van der Waals surface area contributed by atoms with Crippen LogP contribution in [0.25, 0.3) is 11.3 Å². The Hall–Kier alpha value is -4.83. The zero-order valence-electron chi connectivity index (χ0n) is 24.6. The van der Waals surface area contributed by atoms with E-state index in [9.17, 15) is 23.2 Å². The lowest BCUT2D eigenvalue weighted by Gasteiger charge is -2.37. The third-order valence-electron chi connectivity index (χ3n) is 6.99. The Bertz CT molecular complexity index is 1600. The SMILES string of the molecule is Cc1cc(NC(=O)c2ncc(-c3ccc(OCC#N)c(F)c3F)n2C)ccc1C(=O)N[C@H]1C[C@@H](NC(=O)C[N+](C)(C)C)C1. The van der Waals surface area contributed by atoms with E-state index in [4.69, 9.17) is 10.00 Å². The summed E-state index contributed by atoms with van der Waals surface area (Å²) in [5.74, 6) is -3.75. The minimum absolute atomic E-state index is 0.0180. The molecule has 0 unspecified atom stereocenters. The summed E-state index contributed by atoms with van der Waals surface area (Å²) in [5, 5.41) is 17.3. The molecule has 13 heteroatoms. The molecule has 0 spiro atoms. The number of anilines is 1. The Kier molecular flexibility index (Phi) is 9.10. The summed E-state index contributed by atoms with van der Waals surface area (Å²) in [5.41, 5.74) is 1.53. The molecule has 0 saturated heterocycles. The van der Waals surface area contributed by atoms with Crippen molar-refractivity contribution < 1.29 is 32.4 Å². The van der Waals surface area contributed by atoms with Crippen LogP contribution in [0.5, 0.6) is 5.75 Å². The van der Waals surface area contributed by atoms with E-state index in [2.05, 4.69) is 20.9 Å². The van der Waals surface area contributed by atoms with E-state index in [1.807, 2.05) is 21.1 Å². The maximum Gasteiger partial charge on any atom is 0.291 e. The van der Waals surface area contributed by atoms with Crippen molar-refractivity contribution >= 4 is 23.4 Å². The van der Waals surface area contributed by atoms with Gasteiger partial charge in [0.2, 0.25) is 5.82 Å². The number of benzene rings is 2. The summed E-state index contributed by atoms with van der Waals surface area (Å²) in [6.07, 6.45) is 2.56. The quantitative estimate of drug-likeness (QED) is 0.309. The predicted octanol–water partition coefficient (Wildman–Crippen LogP) is 2.91. The molecule has 0 radical (unpaired) electrons. The van der Waals surface area contributed by atoms with Gasteiger partial charge in [-0.2, -0.15) is 9.65 Å². The molecule has 1 aromatic heterocycles. The van der Waals surface area contributed by atoms with Crippen LogP contribution in [0.3, 0.4) is 0 Å². The molecule has 1 saturated carbocycles. The molecule has 1 aliphatic carbocycles. The number of nitrogens with one attached hydrogen (secondary N) is 3. The average molecular weight is 595 g/mol. The summed E-state index contributed by atoms with van der Waals surface area (Å²) in [7, 11) is 7.33. The molecule has 1 aliphatic rings. The zero-order valence-corrected chi connectivity index (χ0v) is 24.6. The molecule has 3 N–H and O–H groups in total. The minimum atomic E-state index is -1.25. The molecule has 43 heavy (non-hydrogen) atoms. The molecular weight excluding hydrogens is 560 g/mol. The number of ether oxygens (including phenoxy) is 1. The number of carbonyl (C=O) groups excluding carboxylic acids is 3. The highest BCUT2D eigenvalue weighted by Crippen LogP contribution is 2.30. The first-order valence-corrected chi connectivity index (χ1v) is 13.6. The number of aromatic nitrogens is 2. The van der Waals surface area contributed by atoms with Crippen molar-refractivity contribution in [2.75, 3.05) is 39.6 Å². The Morgan fingerprint density at radius 2 is 1.77 bits per heavy atom. The predicted molar refractivity (Wildman–Crippen MR) is 154 cm³/mol. The topological polar surface area (TPSA) is 138 Å². The standard InChI is InChI=1S/C30H33F2N7O4/c1-17-12-18(6-7-21(17)29(41)37-20-13-19(14-20)35-25(40)16-39(3,4)5)36-30(42)28-34-15-23(38(28)2)22-8-9-24(43-11-10-33)27(32)26(22)31/h6-9,12,15,19-20H,11,13-14,16H2,1-5H3,(H2-,35,36,37,40,41,42)/p+1/t19-,20+. The number of hydrogen-bond donors (Lipinski definition) is 3. The van der Waals surface area contributed by atoms with Crippen LogP contribution in [0, 0.1) is 29.9 Å². The molecule has 1 heterocycles. The molecular formula is C30H34F2N7O4+. The van der Waals surface area contributed by atoms with Gasteiger partial charge in [0.1, 0.15) is 6.07 Å². The van der Waals surface area contributed by atoms with E-state index >= 15 is 0 Å². The van der Waals surface area contributed by atoms with E-state index in [1.165, 1.54) is 29.9 Å². The molecule has 2 aromatic carbocycles. The number of aryl methyl sites for hydroxylation is 1. The van der Waals surface area contributed by atoms with Crippen LogP contribution in [0.4, 0.5) is 14.5 Å².